The maximum atomic E-state index is 14.0. The van der Waals surface area contributed by atoms with Crippen molar-refractivity contribution in [3.8, 4) is 0 Å². The molecule has 32 heavy (non-hydrogen) atoms. The third-order valence-electron chi connectivity index (χ3n) is 4.12. The van der Waals surface area contributed by atoms with Gasteiger partial charge in [-0.3, -0.25) is 19.7 Å². The number of carbonyl (C=O) groups is 2. The summed E-state index contributed by atoms with van der Waals surface area (Å²) in [5.74, 6) is -2.43. The topological polar surface area (TPSA) is 101 Å². The van der Waals surface area contributed by atoms with Crippen molar-refractivity contribution in [3.63, 3.8) is 0 Å². The van der Waals surface area contributed by atoms with Crippen molar-refractivity contribution >= 4 is 52.5 Å². The van der Waals surface area contributed by atoms with Gasteiger partial charge in [-0.1, -0.05) is 47.5 Å². The molecule has 0 bridgehead atoms. The Kier molecular flexibility index (Phi) is 7.19. The fraction of sp³-hybridized carbons (Fsp3) is 0. The Hall–Kier alpha value is -3.75. The van der Waals surface area contributed by atoms with Crippen LogP contribution in [0.1, 0.15) is 15.9 Å². The van der Waals surface area contributed by atoms with Crippen LogP contribution in [0.2, 0.25) is 10.0 Å². The van der Waals surface area contributed by atoms with Crippen LogP contribution in [-0.2, 0) is 4.79 Å². The number of rotatable bonds is 6. The Morgan fingerprint density at radius 1 is 0.969 bits per heavy atom. The smallest absolute Gasteiger partial charge is 0.272 e. The number of carbonyl (C=O) groups excluding carboxylic acids is 2. The summed E-state index contributed by atoms with van der Waals surface area (Å²) in [7, 11) is 0. The van der Waals surface area contributed by atoms with Crippen LogP contribution >= 0.6 is 23.2 Å². The SMILES string of the molecule is O=C(Nc1cc(Cl)cc(Cl)c1)/C(=C/c1cccc([N+](=O)[O-])c1)NC(=O)c1ccccc1F. The van der Waals surface area contributed by atoms with E-state index < -0.39 is 22.6 Å². The first-order valence-corrected chi connectivity index (χ1v) is 9.78. The van der Waals surface area contributed by atoms with Crippen molar-refractivity contribution in [2.75, 3.05) is 5.32 Å². The van der Waals surface area contributed by atoms with E-state index in [1.807, 2.05) is 0 Å². The van der Waals surface area contributed by atoms with Gasteiger partial charge in [0.05, 0.1) is 10.5 Å². The van der Waals surface area contributed by atoms with E-state index in [0.717, 1.165) is 6.07 Å². The molecular weight excluding hydrogens is 460 g/mol. The van der Waals surface area contributed by atoms with Gasteiger partial charge in [0.15, 0.2) is 0 Å². The maximum Gasteiger partial charge on any atom is 0.272 e. The van der Waals surface area contributed by atoms with Crippen molar-refractivity contribution in [2.24, 2.45) is 0 Å². The molecule has 0 heterocycles. The molecule has 2 amide bonds. The Labute approximate surface area is 191 Å². The number of nitro groups is 1. The van der Waals surface area contributed by atoms with E-state index in [0.29, 0.717) is 0 Å². The van der Waals surface area contributed by atoms with E-state index in [9.17, 15) is 24.1 Å². The lowest BCUT2D eigenvalue weighted by Crippen LogP contribution is -2.31. The molecule has 0 aliphatic carbocycles. The molecule has 3 aromatic rings. The third-order valence-corrected chi connectivity index (χ3v) is 4.56. The van der Waals surface area contributed by atoms with Crippen LogP contribution in [0, 0.1) is 15.9 Å². The molecule has 10 heteroatoms. The van der Waals surface area contributed by atoms with Crippen LogP contribution in [0.15, 0.2) is 72.4 Å². The van der Waals surface area contributed by atoms with Gasteiger partial charge in [-0.2, -0.15) is 0 Å². The highest BCUT2D eigenvalue weighted by Crippen LogP contribution is 2.23. The average Bonchev–Trinajstić information content (AvgIpc) is 2.73. The van der Waals surface area contributed by atoms with Gasteiger partial charge in [-0.25, -0.2) is 4.39 Å². The number of nitrogens with zero attached hydrogens (tertiary/aromatic N) is 1. The minimum atomic E-state index is -0.876. The normalized spacial score (nSPS) is 11.0. The zero-order valence-corrected chi connectivity index (χ0v) is 17.7. The summed E-state index contributed by atoms with van der Waals surface area (Å²) in [4.78, 5) is 35.9. The Morgan fingerprint density at radius 2 is 1.66 bits per heavy atom. The van der Waals surface area contributed by atoms with Gasteiger partial charge in [0.2, 0.25) is 0 Å². The Morgan fingerprint density at radius 3 is 2.31 bits per heavy atom. The summed E-state index contributed by atoms with van der Waals surface area (Å²) in [6.45, 7) is 0. The number of anilines is 1. The molecule has 0 radical (unpaired) electrons. The molecule has 0 aliphatic rings. The number of hydrogen-bond acceptors (Lipinski definition) is 4. The molecule has 0 aromatic heterocycles. The Bertz CT molecular complexity index is 1230. The largest absolute Gasteiger partial charge is 0.321 e. The van der Waals surface area contributed by atoms with Crippen LogP contribution < -0.4 is 10.6 Å². The minimum Gasteiger partial charge on any atom is -0.321 e. The first kappa shape index (κ1) is 22.9. The number of amides is 2. The zero-order valence-electron chi connectivity index (χ0n) is 16.1. The van der Waals surface area contributed by atoms with E-state index in [-0.39, 0.29) is 38.2 Å². The van der Waals surface area contributed by atoms with Gasteiger partial charge in [0, 0.05) is 27.9 Å². The molecule has 7 nitrogen and oxygen atoms in total. The highest BCUT2D eigenvalue weighted by molar-refractivity contribution is 6.35. The highest BCUT2D eigenvalue weighted by atomic mass is 35.5. The molecule has 0 fully saturated rings. The number of benzene rings is 3. The summed E-state index contributed by atoms with van der Waals surface area (Å²) in [5, 5.41) is 16.5. The lowest BCUT2D eigenvalue weighted by molar-refractivity contribution is -0.384. The predicted octanol–water partition coefficient (Wildman–Crippen LogP) is 5.45. The molecule has 3 rings (SSSR count). The third kappa shape index (κ3) is 5.90. The second-order valence-electron chi connectivity index (χ2n) is 6.46. The van der Waals surface area contributed by atoms with Gasteiger partial charge >= 0.3 is 0 Å². The van der Waals surface area contributed by atoms with Gasteiger partial charge in [-0.15, -0.1) is 0 Å². The minimum absolute atomic E-state index is 0.208. The number of halogens is 3. The van der Waals surface area contributed by atoms with Gasteiger partial charge < -0.3 is 10.6 Å². The second kappa shape index (κ2) is 10.0. The van der Waals surface area contributed by atoms with Crippen LogP contribution in [-0.4, -0.2) is 16.7 Å². The number of hydrogen-bond donors (Lipinski definition) is 2. The number of nitro benzene ring substituents is 1. The zero-order chi connectivity index (χ0) is 23.3. The summed E-state index contributed by atoms with van der Waals surface area (Å²) in [5.41, 5.74) is -0.258. The molecule has 0 unspecified atom stereocenters. The first-order valence-electron chi connectivity index (χ1n) is 9.02. The lowest BCUT2D eigenvalue weighted by Gasteiger charge is -2.12. The van der Waals surface area contributed by atoms with Crippen LogP contribution in [0.4, 0.5) is 15.8 Å². The summed E-state index contributed by atoms with van der Waals surface area (Å²) < 4.78 is 14.0. The van der Waals surface area contributed by atoms with E-state index >= 15 is 0 Å². The van der Waals surface area contributed by atoms with E-state index in [1.54, 1.807) is 0 Å². The maximum absolute atomic E-state index is 14.0. The van der Waals surface area contributed by atoms with E-state index in [4.69, 9.17) is 23.2 Å². The van der Waals surface area contributed by atoms with E-state index in [2.05, 4.69) is 10.6 Å². The quantitative estimate of drug-likeness (QED) is 0.282. The van der Waals surface area contributed by atoms with E-state index in [1.165, 1.54) is 66.7 Å². The van der Waals surface area contributed by atoms with Gasteiger partial charge in [-0.05, 0) is 42.0 Å². The summed E-state index contributed by atoms with van der Waals surface area (Å²) in [6.07, 6.45) is 1.23. The van der Waals surface area contributed by atoms with Crippen molar-refractivity contribution in [1.29, 1.82) is 0 Å². The molecule has 0 spiro atoms. The first-order chi connectivity index (χ1) is 15.2. The molecular formula is C22H14Cl2FN3O4. The monoisotopic (exact) mass is 473 g/mol. The molecule has 3 aromatic carbocycles. The van der Waals surface area contributed by atoms with Crippen LogP contribution in [0.25, 0.3) is 6.08 Å². The lowest BCUT2D eigenvalue weighted by atomic mass is 10.1. The van der Waals surface area contributed by atoms with Gasteiger partial charge in [0.1, 0.15) is 11.5 Å². The van der Waals surface area contributed by atoms with Crippen LogP contribution in [0.3, 0.4) is 0 Å². The van der Waals surface area contributed by atoms with Crippen molar-refractivity contribution in [1.82, 2.24) is 5.32 Å². The summed E-state index contributed by atoms with van der Waals surface area (Å²) in [6, 6.07) is 15.0. The summed E-state index contributed by atoms with van der Waals surface area (Å²) >= 11 is 11.9. The molecule has 0 saturated carbocycles. The van der Waals surface area contributed by atoms with Crippen molar-refractivity contribution in [3.05, 3.63) is 110 Å². The number of nitrogens with one attached hydrogen (secondary N) is 2. The second-order valence-corrected chi connectivity index (χ2v) is 7.33. The number of non-ortho nitro benzene ring substituents is 1. The molecule has 0 atom stereocenters. The Balaban J connectivity index is 1.97. The van der Waals surface area contributed by atoms with Crippen molar-refractivity contribution < 1.29 is 18.9 Å². The van der Waals surface area contributed by atoms with Crippen molar-refractivity contribution in [2.45, 2.75) is 0 Å². The van der Waals surface area contributed by atoms with Gasteiger partial charge in [0.25, 0.3) is 17.5 Å². The highest BCUT2D eigenvalue weighted by Gasteiger charge is 2.18. The molecule has 0 aliphatic heterocycles. The molecule has 0 saturated heterocycles. The fourth-order valence-electron chi connectivity index (χ4n) is 2.71. The fourth-order valence-corrected chi connectivity index (χ4v) is 3.24. The van der Waals surface area contributed by atoms with Crippen LogP contribution in [0.5, 0.6) is 0 Å². The molecule has 2 N–H and O–H groups in total. The predicted molar refractivity (Wildman–Crippen MR) is 120 cm³/mol. The molecule has 162 valence electrons. The standard InChI is InChI=1S/C22H14Cl2FN3O4/c23-14-10-15(24)12-16(11-14)26-22(30)20(9-13-4-3-5-17(8-13)28(31)32)27-21(29)18-6-1-2-7-19(18)25/h1-12H,(H,26,30)(H,27,29)/b20-9-. The average molecular weight is 474 g/mol.